The molecule has 2 heteroatoms. The predicted molar refractivity (Wildman–Crippen MR) is 104 cm³/mol. The molecule has 3 rings (SSSR count). The highest BCUT2D eigenvalue weighted by Gasteiger charge is 2.50. The second-order valence-electron chi connectivity index (χ2n) is 11.8. The van der Waals surface area contributed by atoms with Crippen molar-refractivity contribution >= 4 is 0 Å². The number of hydrogen-bond acceptors (Lipinski definition) is 2. The summed E-state index contributed by atoms with van der Waals surface area (Å²) in [5.74, 6) is 3.55. The monoisotopic (exact) mass is 334 g/mol. The van der Waals surface area contributed by atoms with Gasteiger partial charge < -0.3 is 10.6 Å². The van der Waals surface area contributed by atoms with E-state index in [1.54, 1.807) is 0 Å². The van der Waals surface area contributed by atoms with Crippen molar-refractivity contribution in [2.45, 2.75) is 116 Å². The van der Waals surface area contributed by atoms with Gasteiger partial charge in [0, 0.05) is 22.2 Å². The van der Waals surface area contributed by atoms with Gasteiger partial charge in [-0.05, 0) is 118 Å². The van der Waals surface area contributed by atoms with E-state index < -0.39 is 0 Å². The van der Waals surface area contributed by atoms with Gasteiger partial charge in [-0.3, -0.25) is 0 Å². The molecule has 2 saturated heterocycles. The summed E-state index contributed by atoms with van der Waals surface area (Å²) in [7, 11) is 0. The molecule has 140 valence electrons. The van der Waals surface area contributed by atoms with Crippen molar-refractivity contribution in [2.75, 3.05) is 0 Å². The molecule has 3 aliphatic rings. The van der Waals surface area contributed by atoms with Crippen molar-refractivity contribution < 1.29 is 0 Å². The van der Waals surface area contributed by atoms with Gasteiger partial charge in [-0.2, -0.15) is 0 Å². The molecule has 2 nitrogen and oxygen atoms in total. The summed E-state index contributed by atoms with van der Waals surface area (Å²) < 4.78 is 0. The Morgan fingerprint density at radius 1 is 0.542 bits per heavy atom. The summed E-state index contributed by atoms with van der Waals surface area (Å²) >= 11 is 0. The minimum absolute atomic E-state index is 0.303. The van der Waals surface area contributed by atoms with Crippen LogP contribution in [0.2, 0.25) is 0 Å². The molecule has 24 heavy (non-hydrogen) atoms. The van der Waals surface area contributed by atoms with Crippen LogP contribution in [0.1, 0.15) is 93.9 Å². The zero-order chi connectivity index (χ0) is 18.0. The molecule has 2 heterocycles. The Bertz CT molecular complexity index is 422. The molecule has 0 radical (unpaired) electrons. The van der Waals surface area contributed by atoms with Crippen LogP contribution in [0.25, 0.3) is 0 Å². The van der Waals surface area contributed by atoms with Gasteiger partial charge >= 0.3 is 0 Å². The largest absolute Gasteiger partial charge is 0.307 e. The molecule has 1 aliphatic carbocycles. The van der Waals surface area contributed by atoms with E-state index in [4.69, 9.17) is 0 Å². The van der Waals surface area contributed by atoms with Gasteiger partial charge in [-0.1, -0.05) is 0 Å². The van der Waals surface area contributed by atoms with E-state index >= 15 is 0 Å². The molecule has 2 atom stereocenters. The van der Waals surface area contributed by atoms with Crippen molar-refractivity contribution in [1.29, 1.82) is 0 Å². The van der Waals surface area contributed by atoms with Gasteiger partial charge in [-0.15, -0.1) is 0 Å². The Morgan fingerprint density at radius 2 is 0.833 bits per heavy atom. The lowest BCUT2D eigenvalue weighted by molar-refractivity contribution is 0.113. The molecule has 2 N–H and O–H groups in total. The van der Waals surface area contributed by atoms with E-state index in [0.29, 0.717) is 22.2 Å². The molecular weight excluding hydrogens is 292 g/mol. The van der Waals surface area contributed by atoms with E-state index in [-0.39, 0.29) is 0 Å². The lowest BCUT2D eigenvalue weighted by Gasteiger charge is -2.42. The Hall–Kier alpha value is -0.0800. The van der Waals surface area contributed by atoms with Gasteiger partial charge in [0.2, 0.25) is 0 Å². The van der Waals surface area contributed by atoms with E-state index in [0.717, 1.165) is 23.7 Å². The van der Waals surface area contributed by atoms with Crippen molar-refractivity contribution in [3.8, 4) is 0 Å². The van der Waals surface area contributed by atoms with Crippen LogP contribution in [0, 0.1) is 23.7 Å². The second-order valence-corrected chi connectivity index (χ2v) is 11.8. The van der Waals surface area contributed by atoms with Crippen LogP contribution in [0.3, 0.4) is 0 Å². The Labute approximate surface area is 150 Å². The van der Waals surface area contributed by atoms with Gasteiger partial charge in [0.05, 0.1) is 0 Å². The molecular formula is C22H42N2. The van der Waals surface area contributed by atoms with Gasteiger partial charge in [-0.25, -0.2) is 0 Å². The van der Waals surface area contributed by atoms with Gasteiger partial charge in [0.25, 0.3) is 0 Å². The maximum Gasteiger partial charge on any atom is 0.0161 e. The average Bonchev–Trinajstić information content (AvgIpc) is 2.76. The van der Waals surface area contributed by atoms with Crippen LogP contribution < -0.4 is 10.6 Å². The minimum Gasteiger partial charge on any atom is -0.307 e. The summed E-state index contributed by atoms with van der Waals surface area (Å²) in [5.41, 5.74) is 1.23. The number of rotatable bonds is 2. The van der Waals surface area contributed by atoms with E-state index in [9.17, 15) is 0 Å². The maximum atomic E-state index is 3.90. The Balaban J connectivity index is 1.63. The minimum atomic E-state index is 0.303. The lowest BCUT2D eigenvalue weighted by atomic mass is 9.64. The highest BCUT2D eigenvalue weighted by Crippen LogP contribution is 2.50. The van der Waals surface area contributed by atoms with Crippen LogP contribution >= 0.6 is 0 Å². The fraction of sp³-hybridized carbons (Fsp3) is 1.00. The topological polar surface area (TPSA) is 24.1 Å². The highest BCUT2D eigenvalue weighted by molar-refractivity contribution is 5.08. The molecule has 0 aromatic heterocycles. The molecule has 0 amide bonds. The molecule has 0 aromatic rings. The first-order valence-corrected chi connectivity index (χ1v) is 10.4. The Kier molecular flexibility index (Phi) is 4.45. The third-order valence-electron chi connectivity index (χ3n) is 7.59. The van der Waals surface area contributed by atoms with Crippen molar-refractivity contribution in [3.05, 3.63) is 0 Å². The Morgan fingerprint density at radius 3 is 1.04 bits per heavy atom. The summed E-state index contributed by atoms with van der Waals surface area (Å²) in [5, 5.41) is 7.79. The van der Waals surface area contributed by atoms with Gasteiger partial charge in [0.1, 0.15) is 0 Å². The SMILES string of the molecule is CC1(C)CC(C2CCC(C3CC(C)(C)NC3(C)C)CC2)C(C)(C)N1. The smallest absolute Gasteiger partial charge is 0.0161 e. The maximum absolute atomic E-state index is 3.90. The zero-order valence-electron chi connectivity index (χ0n) is 17.6. The fourth-order valence-corrected chi connectivity index (χ4v) is 7.10. The summed E-state index contributed by atoms with van der Waals surface area (Å²) in [4.78, 5) is 0. The van der Waals surface area contributed by atoms with Crippen molar-refractivity contribution in [3.63, 3.8) is 0 Å². The lowest BCUT2D eigenvalue weighted by Crippen LogP contribution is -2.47. The van der Waals surface area contributed by atoms with Crippen LogP contribution in [-0.4, -0.2) is 22.2 Å². The van der Waals surface area contributed by atoms with E-state index in [1.807, 2.05) is 0 Å². The molecule has 0 bridgehead atoms. The third-order valence-corrected chi connectivity index (χ3v) is 7.59. The van der Waals surface area contributed by atoms with Gasteiger partial charge in [0.15, 0.2) is 0 Å². The van der Waals surface area contributed by atoms with Crippen LogP contribution in [0.15, 0.2) is 0 Å². The first kappa shape index (κ1) is 18.7. The summed E-state index contributed by atoms with van der Waals surface area (Å²) in [6.45, 7) is 19.3. The van der Waals surface area contributed by atoms with Crippen molar-refractivity contribution in [1.82, 2.24) is 10.6 Å². The highest BCUT2D eigenvalue weighted by atomic mass is 15.1. The van der Waals surface area contributed by atoms with E-state index in [2.05, 4.69) is 66.0 Å². The van der Waals surface area contributed by atoms with E-state index in [1.165, 1.54) is 38.5 Å². The first-order chi connectivity index (χ1) is 10.8. The first-order valence-electron chi connectivity index (χ1n) is 10.4. The molecule has 2 unspecified atom stereocenters. The molecule has 1 saturated carbocycles. The van der Waals surface area contributed by atoms with Crippen LogP contribution in [-0.2, 0) is 0 Å². The molecule has 3 fully saturated rings. The van der Waals surface area contributed by atoms with Crippen molar-refractivity contribution in [2.24, 2.45) is 23.7 Å². The number of hydrogen-bond donors (Lipinski definition) is 2. The molecule has 0 aromatic carbocycles. The second kappa shape index (κ2) is 5.71. The van der Waals surface area contributed by atoms with Crippen LogP contribution in [0.4, 0.5) is 0 Å². The van der Waals surface area contributed by atoms with Crippen LogP contribution in [0.5, 0.6) is 0 Å². The fourth-order valence-electron chi connectivity index (χ4n) is 7.10. The predicted octanol–water partition coefficient (Wildman–Crippen LogP) is 5.13. The standard InChI is InChI=1S/C22H42N2/c1-19(2)13-17(21(5,6)23-19)15-9-11-16(12-10-15)18-14-20(3,4)24-22(18,7)8/h15-18,23-24H,9-14H2,1-8H3. The molecule has 2 aliphatic heterocycles. The average molecular weight is 335 g/mol. The quantitative estimate of drug-likeness (QED) is 0.732. The normalized spacial score (nSPS) is 43.0. The summed E-state index contributed by atoms with van der Waals surface area (Å²) in [6.07, 6.45) is 8.48. The molecule has 0 spiro atoms. The zero-order valence-corrected chi connectivity index (χ0v) is 17.6. The third kappa shape index (κ3) is 3.56. The number of nitrogens with one attached hydrogen (secondary N) is 2. The summed E-state index contributed by atoms with van der Waals surface area (Å²) in [6, 6.07) is 0.